The molecule has 0 spiro atoms. The van der Waals surface area contributed by atoms with Crippen LogP contribution in [0.4, 0.5) is 4.39 Å². The minimum atomic E-state index is -0.138. The summed E-state index contributed by atoms with van der Waals surface area (Å²) in [4.78, 5) is 0. The normalized spacial score (nSPS) is 18.5. The van der Waals surface area contributed by atoms with Crippen LogP contribution < -0.4 is 5.32 Å². The molecule has 0 saturated heterocycles. The van der Waals surface area contributed by atoms with E-state index >= 15 is 0 Å². The maximum atomic E-state index is 13.1. The lowest BCUT2D eigenvalue weighted by atomic mass is 9.99. The third kappa shape index (κ3) is 3.29. The van der Waals surface area contributed by atoms with Crippen LogP contribution in [-0.4, -0.2) is 6.04 Å². The highest BCUT2D eigenvalue weighted by Crippen LogP contribution is 2.27. The van der Waals surface area contributed by atoms with Crippen molar-refractivity contribution < 1.29 is 4.39 Å². The van der Waals surface area contributed by atoms with E-state index in [0.29, 0.717) is 6.04 Å². The van der Waals surface area contributed by atoms with Gasteiger partial charge in [-0.3, -0.25) is 0 Å². The minimum absolute atomic E-state index is 0.138. The van der Waals surface area contributed by atoms with Crippen molar-refractivity contribution in [2.45, 2.75) is 52.1 Å². The lowest BCUT2D eigenvalue weighted by Gasteiger charge is -2.21. The Hall–Kier alpha value is -0.890. The van der Waals surface area contributed by atoms with Crippen molar-refractivity contribution in [3.05, 3.63) is 35.1 Å². The van der Waals surface area contributed by atoms with Crippen LogP contribution in [0.25, 0.3) is 0 Å². The smallest absolute Gasteiger partial charge is 0.123 e. The molecule has 0 aliphatic heterocycles. The largest absolute Gasteiger partial charge is 0.310 e. The summed E-state index contributed by atoms with van der Waals surface area (Å²) in [6.45, 7) is 5.07. The first-order chi connectivity index (χ1) is 8.16. The predicted octanol–water partition coefficient (Wildman–Crippen LogP) is 3.80. The van der Waals surface area contributed by atoms with Crippen LogP contribution in [0, 0.1) is 18.7 Å². The maximum absolute atomic E-state index is 13.1. The Morgan fingerprint density at radius 2 is 2.06 bits per heavy atom. The van der Waals surface area contributed by atoms with E-state index in [1.54, 1.807) is 6.07 Å². The third-order valence-electron chi connectivity index (χ3n) is 4.03. The fraction of sp³-hybridized carbons (Fsp3) is 0.600. The van der Waals surface area contributed by atoms with Crippen LogP contribution in [0.2, 0.25) is 0 Å². The molecule has 1 saturated carbocycles. The molecule has 0 amide bonds. The van der Waals surface area contributed by atoms with Gasteiger partial charge in [-0.25, -0.2) is 4.39 Å². The lowest BCUT2D eigenvalue weighted by Crippen LogP contribution is -2.31. The standard InChI is InChI=1S/C15H22FN/c1-11-7-8-15(16)9-14(11)10-17-12(2)13-5-3-4-6-13/h7-9,12-13,17H,3-6,10H2,1-2H3/t12-/m1/s1. The Kier molecular flexibility index (Phi) is 4.16. The lowest BCUT2D eigenvalue weighted by molar-refractivity contribution is 0.380. The molecule has 0 bridgehead atoms. The molecule has 2 rings (SSSR count). The van der Waals surface area contributed by atoms with Crippen LogP contribution in [-0.2, 0) is 6.54 Å². The van der Waals surface area contributed by atoms with Crippen molar-refractivity contribution in [3.63, 3.8) is 0 Å². The molecule has 1 fully saturated rings. The molecule has 94 valence electrons. The van der Waals surface area contributed by atoms with Gasteiger partial charge in [-0.2, -0.15) is 0 Å². The number of halogens is 1. The molecule has 1 N–H and O–H groups in total. The van der Waals surface area contributed by atoms with Crippen molar-refractivity contribution in [2.24, 2.45) is 5.92 Å². The van der Waals surface area contributed by atoms with Gasteiger partial charge in [0, 0.05) is 12.6 Å². The van der Waals surface area contributed by atoms with Crippen LogP contribution in [0.3, 0.4) is 0 Å². The van der Waals surface area contributed by atoms with Crippen LogP contribution >= 0.6 is 0 Å². The average molecular weight is 235 g/mol. The van der Waals surface area contributed by atoms with Crippen molar-refractivity contribution in [3.8, 4) is 0 Å². The summed E-state index contributed by atoms with van der Waals surface area (Å²) in [7, 11) is 0. The minimum Gasteiger partial charge on any atom is -0.310 e. The van der Waals surface area contributed by atoms with Gasteiger partial charge in [0.15, 0.2) is 0 Å². The molecule has 1 aliphatic rings. The SMILES string of the molecule is Cc1ccc(F)cc1CN[C@H](C)C1CCCC1. The Bertz CT molecular complexity index is 369. The van der Waals surface area contributed by atoms with Gasteiger partial charge < -0.3 is 5.32 Å². The second-order valence-corrected chi connectivity index (χ2v) is 5.28. The zero-order chi connectivity index (χ0) is 12.3. The Balaban J connectivity index is 1.90. The van der Waals surface area contributed by atoms with E-state index in [9.17, 15) is 4.39 Å². The topological polar surface area (TPSA) is 12.0 Å². The van der Waals surface area contributed by atoms with Gasteiger partial charge in [0.2, 0.25) is 0 Å². The molecule has 1 aliphatic carbocycles. The molecule has 0 radical (unpaired) electrons. The Morgan fingerprint density at radius 3 is 2.76 bits per heavy atom. The van der Waals surface area contributed by atoms with Crippen molar-refractivity contribution in [2.75, 3.05) is 0 Å². The number of benzene rings is 1. The molecular weight excluding hydrogens is 213 g/mol. The van der Waals surface area contributed by atoms with E-state index < -0.39 is 0 Å². The van der Waals surface area contributed by atoms with Crippen molar-refractivity contribution in [1.29, 1.82) is 0 Å². The van der Waals surface area contributed by atoms with Gasteiger partial charge in [0.1, 0.15) is 5.82 Å². The highest BCUT2D eigenvalue weighted by molar-refractivity contribution is 5.26. The Labute approximate surface area is 103 Å². The van der Waals surface area contributed by atoms with Gasteiger partial charge in [0.05, 0.1) is 0 Å². The van der Waals surface area contributed by atoms with Crippen LogP contribution in [0.15, 0.2) is 18.2 Å². The van der Waals surface area contributed by atoms with Gasteiger partial charge >= 0.3 is 0 Å². The van der Waals surface area contributed by atoms with Crippen LogP contribution in [0.5, 0.6) is 0 Å². The summed E-state index contributed by atoms with van der Waals surface area (Å²) in [6.07, 6.45) is 5.43. The fourth-order valence-corrected chi connectivity index (χ4v) is 2.73. The second kappa shape index (κ2) is 5.63. The number of rotatable bonds is 4. The van der Waals surface area contributed by atoms with Gasteiger partial charge in [-0.15, -0.1) is 0 Å². The molecule has 1 atom stereocenters. The highest BCUT2D eigenvalue weighted by Gasteiger charge is 2.20. The van der Waals surface area contributed by atoms with E-state index in [2.05, 4.69) is 12.2 Å². The summed E-state index contributed by atoms with van der Waals surface area (Å²) in [6, 6.07) is 5.57. The number of nitrogens with one attached hydrogen (secondary N) is 1. The summed E-state index contributed by atoms with van der Waals surface area (Å²) in [5.41, 5.74) is 2.24. The Morgan fingerprint density at radius 1 is 1.35 bits per heavy atom. The van der Waals surface area contributed by atoms with Crippen molar-refractivity contribution in [1.82, 2.24) is 5.32 Å². The fourth-order valence-electron chi connectivity index (χ4n) is 2.73. The highest BCUT2D eigenvalue weighted by atomic mass is 19.1. The molecule has 0 heterocycles. The van der Waals surface area contributed by atoms with E-state index in [-0.39, 0.29) is 5.82 Å². The molecule has 0 unspecified atom stereocenters. The number of hydrogen-bond acceptors (Lipinski definition) is 1. The van der Waals surface area contributed by atoms with Crippen molar-refractivity contribution >= 4 is 0 Å². The molecular formula is C15H22FN. The van der Waals surface area contributed by atoms with Gasteiger partial charge in [-0.05, 0) is 55.9 Å². The average Bonchev–Trinajstić information content (AvgIpc) is 2.83. The second-order valence-electron chi connectivity index (χ2n) is 5.28. The zero-order valence-electron chi connectivity index (χ0n) is 10.8. The van der Waals surface area contributed by atoms with Gasteiger partial charge in [0.25, 0.3) is 0 Å². The monoisotopic (exact) mass is 235 g/mol. The zero-order valence-corrected chi connectivity index (χ0v) is 10.8. The molecule has 17 heavy (non-hydrogen) atoms. The summed E-state index contributed by atoms with van der Waals surface area (Å²) < 4.78 is 13.1. The summed E-state index contributed by atoms with van der Waals surface area (Å²) >= 11 is 0. The molecule has 2 heteroatoms. The van der Waals surface area contributed by atoms with E-state index in [0.717, 1.165) is 23.6 Å². The quantitative estimate of drug-likeness (QED) is 0.837. The molecule has 1 nitrogen and oxygen atoms in total. The summed E-state index contributed by atoms with van der Waals surface area (Å²) in [5.74, 6) is 0.671. The molecule has 0 aromatic heterocycles. The van der Waals surface area contributed by atoms with E-state index in [1.165, 1.54) is 31.7 Å². The first-order valence-electron chi connectivity index (χ1n) is 6.65. The molecule has 1 aromatic carbocycles. The maximum Gasteiger partial charge on any atom is 0.123 e. The van der Waals surface area contributed by atoms with Gasteiger partial charge in [-0.1, -0.05) is 18.9 Å². The predicted molar refractivity (Wildman–Crippen MR) is 69.4 cm³/mol. The first-order valence-corrected chi connectivity index (χ1v) is 6.65. The summed E-state index contributed by atoms with van der Waals surface area (Å²) in [5, 5.41) is 3.54. The van der Waals surface area contributed by atoms with E-state index in [1.807, 2.05) is 13.0 Å². The first kappa shape index (κ1) is 12.6. The molecule has 1 aromatic rings. The number of aryl methyl sites for hydroxylation is 1. The van der Waals surface area contributed by atoms with Crippen LogP contribution in [0.1, 0.15) is 43.7 Å². The van der Waals surface area contributed by atoms with E-state index in [4.69, 9.17) is 0 Å². The number of hydrogen-bond donors (Lipinski definition) is 1. The third-order valence-corrected chi connectivity index (χ3v) is 4.03.